The number of hydrogen-bond donors (Lipinski definition) is 2. The van der Waals surface area contributed by atoms with Crippen molar-refractivity contribution in [3.8, 4) is 5.75 Å². The summed E-state index contributed by atoms with van der Waals surface area (Å²) in [4.78, 5) is 12.0. The average Bonchev–Trinajstić information content (AvgIpc) is 2.87. The highest BCUT2D eigenvalue weighted by molar-refractivity contribution is 5.76. The molecule has 1 aliphatic carbocycles. The number of ether oxygens (including phenoxy) is 1. The van der Waals surface area contributed by atoms with Crippen LogP contribution in [0.25, 0.3) is 0 Å². The van der Waals surface area contributed by atoms with Crippen LogP contribution >= 0.6 is 0 Å². The molecule has 122 valence electrons. The highest BCUT2D eigenvalue weighted by Gasteiger charge is 2.38. The third kappa shape index (κ3) is 4.44. The lowest BCUT2D eigenvalue weighted by Crippen LogP contribution is -2.44. The molecule has 0 saturated heterocycles. The Labute approximate surface area is 130 Å². The van der Waals surface area contributed by atoms with Crippen LogP contribution in [0.4, 0.5) is 4.39 Å². The minimum absolute atomic E-state index is 0.00530. The van der Waals surface area contributed by atoms with E-state index in [2.05, 4.69) is 5.32 Å². The number of hydrogen-bond acceptors (Lipinski definition) is 3. The van der Waals surface area contributed by atoms with Gasteiger partial charge in [0.25, 0.3) is 0 Å². The Bertz CT molecular complexity index is 491. The second-order valence-corrected chi connectivity index (χ2v) is 6.23. The molecule has 5 heteroatoms. The van der Waals surface area contributed by atoms with Gasteiger partial charge in [-0.2, -0.15) is 0 Å². The Morgan fingerprint density at radius 1 is 1.45 bits per heavy atom. The maximum Gasteiger partial charge on any atom is 0.220 e. The molecular weight excluding hydrogens is 285 g/mol. The maximum atomic E-state index is 12.7. The lowest BCUT2D eigenvalue weighted by atomic mass is 9.86. The molecule has 2 N–H and O–H groups in total. The molecule has 1 saturated carbocycles. The molecule has 0 heterocycles. The Morgan fingerprint density at radius 2 is 2.18 bits per heavy atom. The molecule has 2 rings (SSSR count). The SMILES string of the molecule is CC1(CO)CCCC1NC(=O)CCCOc1ccc(F)cc1. The van der Waals surface area contributed by atoms with Crippen LogP contribution in [0.3, 0.4) is 0 Å². The van der Waals surface area contributed by atoms with Gasteiger partial charge in [0, 0.05) is 17.9 Å². The average molecular weight is 309 g/mol. The Kier molecular flexibility index (Phi) is 5.77. The predicted octanol–water partition coefficient (Wildman–Crippen LogP) is 2.65. The molecule has 4 nitrogen and oxygen atoms in total. The zero-order valence-electron chi connectivity index (χ0n) is 13.0. The van der Waals surface area contributed by atoms with Crippen molar-refractivity contribution in [1.29, 1.82) is 0 Å². The van der Waals surface area contributed by atoms with Crippen LogP contribution < -0.4 is 10.1 Å². The molecule has 0 radical (unpaired) electrons. The summed E-state index contributed by atoms with van der Waals surface area (Å²) in [7, 11) is 0. The van der Waals surface area contributed by atoms with E-state index in [1.165, 1.54) is 12.1 Å². The number of benzene rings is 1. The molecular formula is C17H24FNO3. The molecule has 0 bridgehead atoms. The fourth-order valence-corrected chi connectivity index (χ4v) is 2.89. The number of nitrogens with one attached hydrogen (secondary N) is 1. The third-order valence-corrected chi connectivity index (χ3v) is 4.41. The smallest absolute Gasteiger partial charge is 0.220 e. The van der Waals surface area contributed by atoms with E-state index >= 15 is 0 Å². The van der Waals surface area contributed by atoms with E-state index in [1.807, 2.05) is 6.92 Å². The van der Waals surface area contributed by atoms with Crippen LogP contribution in [-0.2, 0) is 4.79 Å². The molecule has 1 aromatic rings. The van der Waals surface area contributed by atoms with Gasteiger partial charge in [-0.1, -0.05) is 13.3 Å². The monoisotopic (exact) mass is 309 g/mol. The normalized spacial score (nSPS) is 24.2. The quantitative estimate of drug-likeness (QED) is 0.761. The van der Waals surface area contributed by atoms with Crippen molar-refractivity contribution >= 4 is 5.91 Å². The summed E-state index contributed by atoms with van der Waals surface area (Å²) in [5.41, 5.74) is -0.194. The lowest BCUT2D eigenvalue weighted by molar-refractivity contribution is -0.122. The Hall–Kier alpha value is -1.62. The fraction of sp³-hybridized carbons (Fsp3) is 0.588. The van der Waals surface area contributed by atoms with Gasteiger partial charge in [0.1, 0.15) is 11.6 Å². The first kappa shape index (κ1) is 16.7. The van der Waals surface area contributed by atoms with Crippen LogP contribution in [-0.4, -0.2) is 30.3 Å². The molecule has 1 amide bonds. The van der Waals surface area contributed by atoms with E-state index in [0.717, 1.165) is 19.3 Å². The zero-order chi connectivity index (χ0) is 16.0. The topological polar surface area (TPSA) is 58.6 Å². The number of rotatable bonds is 7. The number of carbonyl (C=O) groups excluding carboxylic acids is 1. The summed E-state index contributed by atoms with van der Waals surface area (Å²) in [5.74, 6) is 0.301. The lowest BCUT2D eigenvalue weighted by Gasteiger charge is -2.30. The van der Waals surface area contributed by atoms with Crippen molar-refractivity contribution in [3.05, 3.63) is 30.1 Å². The zero-order valence-corrected chi connectivity index (χ0v) is 13.0. The maximum absolute atomic E-state index is 12.7. The summed E-state index contributed by atoms with van der Waals surface area (Å²) in [5, 5.41) is 12.5. The largest absolute Gasteiger partial charge is 0.494 e. The van der Waals surface area contributed by atoms with Crippen LogP contribution in [0.1, 0.15) is 39.0 Å². The molecule has 22 heavy (non-hydrogen) atoms. The van der Waals surface area contributed by atoms with Crippen LogP contribution in [0.2, 0.25) is 0 Å². The highest BCUT2D eigenvalue weighted by atomic mass is 19.1. The van der Waals surface area contributed by atoms with Gasteiger partial charge < -0.3 is 15.2 Å². The summed E-state index contributed by atoms with van der Waals surface area (Å²) in [6.07, 6.45) is 3.90. The number of amides is 1. The van der Waals surface area contributed by atoms with Crippen molar-refractivity contribution in [2.45, 2.75) is 45.1 Å². The van der Waals surface area contributed by atoms with Crippen LogP contribution in [0.5, 0.6) is 5.75 Å². The third-order valence-electron chi connectivity index (χ3n) is 4.41. The summed E-state index contributed by atoms with van der Waals surface area (Å²) in [6.45, 7) is 2.54. The van der Waals surface area contributed by atoms with Gasteiger partial charge in [-0.3, -0.25) is 4.79 Å². The second-order valence-electron chi connectivity index (χ2n) is 6.23. The summed E-state index contributed by atoms with van der Waals surface area (Å²) >= 11 is 0. The van der Waals surface area contributed by atoms with Crippen LogP contribution in [0.15, 0.2) is 24.3 Å². The van der Waals surface area contributed by atoms with E-state index in [-0.39, 0.29) is 29.8 Å². The van der Waals surface area contributed by atoms with Gasteiger partial charge in [-0.15, -0.1) is 0 Å². The van der Waals surface area contributed by atoms with Crippen molar-refractivity contribution in [3.63, 3.8) is 0 Å². The van der Waals surface area contributed by atoms with E-state index in [1.54, 1.807) is 12.1 Å². The molecule has 0 aliphatic heterocycles. The Morgan fingerprint density at radius 3 is 2.86 bits per heavy atom. The minimum atomic E-state index is -0.296. The standard InChI is InChI=1S/C17H24FNO3/c1-17(12-20)10-2-4-15(17)19-16(21)5-3-11-22-14-8-6-13(18)7-9-14/h6-9,15,20H,2-5,10-12H2,1H3,(H,19,21). The minimum Gasteiger partial charge on any atom is -0.494 e. The first-order valence-corrected chi connectivity index (χ1v) is 7.82. The van der Waals surface area contributed by atoms with Gasteiger partial charge in [0.05, 0.1) is 13.2 Å². The number of aliphatic hydroxyl groups excluding tert-OH is 1. The van der Waals surface area contributed by atoms with Crippen molar-refractivity contribution < 1.29 is 19.0 Å². The summed E-state index contributed by atoms with van der Waals surface area (Å²) in [6, 6.07) is 5.89. The molecule has 2 unspecified atom stereocenters. The Balaban J connectivity index is 1.66. The first-order chi connectivity index (χ1) is 10.5. The highest BCUT2D eigenvalue weighted by Crippen LogP contribution is 2.37. The summed E-state index contributed by atoms with van der Waals surface area (Å²) < 4.78 is 18.2. The number of aliphatic hydroxyl groups is 1. The molecule has 2 atom stereocenters. The first-order valence-electron chi connectivity index (χ1n) is 7.82. The van der Waals surface area contributed by atoms with Gasteiger partial charge in [-0.25, -0.2) is 4.39 Å². The molecule has 1 fully saturated rings. The molecule has 1 aromatic carbocycles. The number of carbonyl (C=O) groups is 1. The second kappa shape index (κ2) is 7.58. The number of halogens is 1. The fourth-order valence-electron chi connectivity index (χ4n) is 2.89. The van der Waals surface area contributed by atoms with Gasteiger partial charge in [0.15, 0.2) is 0 Å². The van der Waals surface area contributed by atoms with Gasteiger partial charge >= 0.3 is 0 Å². The van der Waals surface area contributed by atoms with Gasteiger partial charge in [-0.05, 0) is 43.5 Å². The van der Waals surface area contributed by atoms with E-state index in [4.69, 9.17) is 4.74 Å². The van der Waals surface area contributed by atoms with E-state index in [9.17, 15) is 14.3 Å². The molecule has 0 aromatic heterocycles. The predicted molar refractivity (Wildman–Crippen MR) is 82.1 cm³/mol. The van der Waals surface area contributed by atoms with Gasteiger partial charge in [0.2, 0.25) is 5.91 Å². The van der Waals surface area contributed by atoms with Crippen LogP contribution in [0, 0.1) is 11.2 Å². The van der Waals surface area contributed by atoms with Crippen molar-refractivity contribution in [2.75, 3.05) is 13.2 Å². The molecule has 1 aliphatic rings. The molecule has 0 spiro atoms. The van der Waals surface area contributed by atoms with E-state index < -0.39 is 0 Å². The van der Waals surface area contributed by atoms with Crippen molar-refractivity contribution in [1.82, 2.24) is 5.32 Å². The van der Waals surface area contributed by atoms with E-state index in [0.29, 0.717) is 25.2 Å². The van der Waals surface area contributed by atoms with Crippen molar-refractivity contribution in [2.24, 2.45) is 5.41 Å².